The minimum Gasteiger partial charge on any atom is -0.381 e. The molecule has 2 fully saturated rings. The van der Waals surface area contributed by atoms with E-state index in [-0.39, 0.29) is 0 Å². The summed E-state index contributed by atoms with van der Waals surface area (Å²) in [4.78, 5) is 2.58. The Bertz CT molecular complexity index is 241. The van der Waals surface area contributed by atoms with Gasteiger partial charge in [-0.05, 0) is 64.6 Å². The number of nitrogens with zero attached hydrogens (tertiary/aromatic N) is 1. The summed E-state index contributed by atoms with van der Waals surface area (Å²) in [5.41, 5.74) is 0. The molecular weight excluding hydrogens is 236 g/mol. The summed E-state index contributed by atoms with van der Waals surface area (Å²) in [6, 6.07) is 1.56. The number of ether oxygens (including phenoxy) is 1. The molecule has 0 bridgehead atoms. The molecule has 1 aliphatic heterocycles. The normalized spacial score (nSPS) is 29.2. The van der Waals surface area contributed by atoms with Crippen LogP contribution in [0.5, 0.6) is 0 Å². The monoisotopic (exact) mass is 268 g/mol. The van der Waals surface area contributed by atoms with Crippen LogP contribution in [-0.4, -0.2) is 50.3 Å². The molecule has 0 amide bonds. The lowest BCUT2D eigenvalue weighted by Crippen LogP contribution is -2.39. The Hall–Kier alpha value is -0.120. The van der Waals surface area contributed by atoms with E-state index >= 15 is 0 Å². The fourth-order valence-corrected chi connectivity index (χ4v) is 3.66. The van der Waals surface area contributed by atoms with Gasteiger partial charge in [-0.1, -0.05) is 13.3 Å². The maximum absolute atomic E-state index is 5.45. The van der Waals surface area contributed by atoms with Gasteiger partial charge in [0.1, 0.15) is 0 Å². The quantitative estimate of drug-likeness (QED) is 0.768. The van der Waals surface area contributed by atoms with Gasteiger partial charge in [0, 0.05) is 25.3 Å². The first-order chi connectivity index (χ1) is 9.31. The molecule has 2 atom stereocenters. The average molecular weight is 268 g/mol. The first-order valence-electron chi connectivity index (χ1n) is 8.32. The van der Waals surface area contributed by atoms with E-state index in [0.717, 1.165) is 31.2 Å². The molecule has 2 aliphatic rings. The van der Waals surface area contributed by atoms with Crippen LogP contribution in [0.4, 0.5) is 0 Å². The molecule has 3 nitrogen and oxygen atoms in total. The SMILES string of the molecule is CCCNC1CCCC1CCN(C)C1CCOCC1. The Kier molecular flexibility index (Phi) is 6.62. The average Bonchev–Trinajstić information content (AvgIpc) is 2.91. The zero-order valence-corrected chi connectivity index (χ0v) is 12.9. The molecule has 0 aromatic carbocycles. The lowest BCUT2D eigenvalue weighted by Gasteiger charge is -2.32. The third-order valence-electron chi connectivity index (χ3n) is 4.98. The van der Waals surface area contributed by atoms with Crippen LogP contribution < -0.4 is 5.32 Å². The Morgan fingerprint density at radius 3 is 2.68 bits per heavy atom. The van der Waals surface area contributed by atoms with Crippen LogP contribution in [0, 0.1) is 5.92 Å². The molecule has 0 aromatic rings. The number of nitrogens with one attached hydrogen (secondary N) is 1. The van der Waals surface area contributed by atoms with E-state index in [0.29, 0.717) is 0 Å². The largest absolute Gasteiger partial charge is 0.381 e. The molecule has 19 heavy (non-hydrogen) atoms. The molecule has 1 N–H and O–H groups in total. The van der Waals surface area contributed by atoms with Gasteiger partial charge in [0.2, 0.25) is 0 Å². The van der Waals surface area contributed by atoms with Gasteiger partial charge in [-0.15, -0.1) is 0 Å². The zero-order valence-electron chi connectivity index (χ0n) is 12.9. The summed E-state index contributed by atoms with van der Waals surface area (Å²) in [6.07, 6.45) is 9.32. The summed E-state index contributed by atoms with van der Waals surface area (Å²) in [6.45, 7) is 6.63. The van der Waals surface area contributed by atoms with Crippen molar-refractivity contribution in [2.45, 2.75) is 64.0 Å². The van der Waals surface area contributed by atoms with E-state index < -0.39 is 0 Å². The molecule has 1 heterocycles. The molecule has 1 saturated carbocycles. The van der Waals surface area contributed by atoms with Crippen LogP contribution in [0.25, 0.3) is 0 Å². The maximum atomic E-state index is 5.45. The van der Waals surface area contributed by atoms with Crippen molar-refractivity contribution in [1.29, 1.82) is 0 Å². The molecule has 0 aromatic heterocycles. The first kappa shape index (κ1) is 15.3. The van der Waals surface area contributed by atoms with E-state index in [9.17, 15) is 0 Å². The van der Waals surface area contributed by atoms with Crippen molar-refractivity contribution in [3.8, 4) is 0 Å². The predicted molar refractivity (Wildman–Crippen MR) is 80.5 cm³/mol. The van der Waals surface area contributed by atoms with Crippen molar-refractivity contribution in [2.75, 3.05) is 33.4 Å². The standard InChI is InChI=1S/C16H32N2O/c1-3-10-17-16-6-4-5-14(16)7-11-18(2)15-8-12-19-13-9-15/h14-17H,3-13H2,1-2H3. The highest BCUT2D eigenvalue weighted by atomic mass is 16.5. The summed E-state index contributed by atoms with van der Waals surface area (Å²) in [5, 5.41) is 3.75. The van der Waals surface area contributed by atoms with Crippen LogP contribution >= 0.6 is 0 Å². The second kappa shape index (κ2) is 8.23. The van der Waals surface area contributed by atoms with Crippen LogP contribution in [0.1, 0.15) is 51.9 Å². The number of hydrogen-bond donors (Lipinski definition) is 1. The van der Waals surface area contributed by atoms with Gasteiger partial charge < -0.3 is 15.0 Å². The highest BCUT2D eigenvalue weighted by molar-refractivity contribution is 4.84. The smallest absolute Gasteiger partial charge is 0.0480 e. The lowest BCUT2D eigenvalue weighted by molar-refractivity contribution is 0.0411. The van der Waals surface area contributed by atoms with Crippen molar-refractivity contribution < 1.29 is 4.74 Å². The van der Waals surface area contributed by atoms with Crippen LogP contribution in [0.2, 0.25) is 0 Å². The van der Waals surface area contributed by atoms with Crippen molar-refractivity contribution in [2.24, 2.45) is 5.92 Å². The summed E-state index contributed by atoms with van der Waals surface area (Å²) >= 11 is 0. The summed E-state index contributed by atoms with van der Waals surface area (Å²) in [7, 11) is 2.30. The zero-order chi connectivity index (χ0) is 13.5. The van der Waals surface area contributed by atoms with Gasteiger partial charge in [0.05, 0.1) is 0 Å². The van der Waals surface area contributed by atoms with Gasteiger partial charge in [-0.25, -0.2) is 0 Å². The van der Waals surface area contributed by atoms with Gasteiger partial charge in [-0.3, -0.25) is 0 Å². The van der Waals surface area contributed by atoms with Gasteiger partial charge in [0.15, 0.2) is 0 Å². The predicted octanol–water partition coefficient (Wildman–Crippen LogP) is 2.66. The third-order valence-corrected chi connectivity index (χ3v) is 4.98. The number of rotatable bonds is 7. The summed E-state index contributed by atoms with van der Waals surface area (Å²) in [5.74, 6) is 0.911. The fourth-order valence-electron chi connectivity index (χ4n) is 3.66. The second-order valence-corrected chi connectivity index (χ2v) is 6.36. The van der Waals surface area contributed by atoms with E-state index in [1.54, 1.807) is 0 Å². The van der Waals surface area contributed by atoms with E-state index in [1.165, 1.54) is 58.0 Å². The molecule has 1 saturated heterocycles. The lowest BCUT2D eigenvalue weighted by atomic mass is 9.98. The van der Waals surface area contributed by atoms with Crippen molar-refractivity contribution >= 4 is 0 Å². The molecule has 3 heteroatoms. The third kappa shape index (κ3) is 4.73. The fraction of sp³-hybridized carbons (Fsp3) is 1.00. The minimum absolute atomic E-state index is 0.761. The van der Waals surface area contributed by atoms with E-state index in [2.05, 4.69) is 24.2 Å². The molecule has 2 rings (SSSR count). The van der Waals surface area contributed by atoms with Gasteiger partial charge >= 0.3 is 0 Å². The Balaban J connectivity index is 1.68. The maximum Gasteiger partial charge on any atom is 0.0480 e. The van der Waals surface area contributed by atoms with Gasteiger partial charge in [0.25, 0.3) is 0 Å². The summed E-state index contributed by atoms with van der Waals surface area (Å²) < 4.78 is 5.45. The van der Waals surface area contributed by atoms with Gasteiger partial charge in [-0.2, -0.15) is 0 Å². The molecule has 2 unspecified atom stereocenters. The molecule has 0 radical (unpaired) electrons. The Morgan fingerprint density at radius 1 is 1.16 bits per heavy atom. The molecular formula is C16H32N2O. The highest BCUT2D eigenvalue weighted by Gasteiger charge is 2.27. The van der Waals surface area contributed by atoms with Crippen molar-refractivity contribution in [3.63, 3.8) is 0 Å². The van der Waals surface area contributed by atoms with Crippen LogP contribution in [-0.2, 0) is 4.74 Å². The van der Waals surface area contributed by atoms with E-state index in [1.807, 2.05) is 0 Å². The molecule has 1 aliphatic carbocycles. The van der Waals surface area contributed by atoms with Crippen LogP contribution in [0.15, 0.2) is 0 Å². The van der Waals surface area contributed by atoms with Crippen molar-refractivity contribution in [1.82, 2.24) is 10.2 Å². The topological polar surface area (TPSA) is 24.5 Å². The Labute approximate surface area is 119 Å². The Morgan fingerprint density at radius 2 is 1.95 bits per heavy atom. The first-order valence-corrected chi connectivity index (χ1v) is 8.32. The highest BCUT2D eigenvalue weighted by Crippen LogP contribution is 2.29. The van der Waals surface area contributed by atoms with Crippen molar-refractivity contribution in [3.05, 3.63) is 0 Å². The molecule has 0 spiro atoms. The van der Waals surface area contributed by atoms with E-state index in [4.69, 9.17) is 4.74 Å². The minimum atomic E-state index is 0.761. The number of hydrogen-bond acceptors (Lipinski definition) is 3. The van der Waals surface area contributed by atoms with Crippen LogP contribution in [0.3, 0.4) is 0 Å². The molecule has 112 valence electrons. The second-order valence-electron chi connectivity index (χ2n) is 6.36.